The number of fused-ring (bicyclic) bond motifs is 3. The first-order valence-electron chi connectivity index (χ1n) is 13.6. The minimum absolute atomic E-state index is 0.00555. The highest BCUT2D eigenvalue weighted by Crippen LogP contribution is 2.55. The molecule has 1 N–H and O–H groups in total. The molecule has 4 aliphatic carbocycles. The van der Waals surface area contributed by atoms with E-state index in [0.29, 0.717) is 39.7 Å². The number of halogens is 3. The van der Waals surface area contributed by atoms with Crippen LogP contribution in [0.3, 0.4) is 0 Å². The lowest BCUT2D eigenvalue weighted by molar-refractivity contribution is -0.130. The molecule has 0 amide bonds. The van der Waals surface area contributed by atoms with E-state index in [1.165, 1.54) is 12.1 Å². The van der Waals surface area contributed by atoms with E-state index in [4.69, 9.17) is 37.0 Å². The van der Waals surface area contributed by atoms with Gasteiger partial charge in [0.25, 0.3) is 0 Å². The molecule has 0 saturated heterocycles. The average molecular weight is 599 g/mol. The van der Waals surface area contributed by atoms with Crippen molar-refractivity contribution < 1.29 is 28.1 Å². The molecule has 9 nitrogen and oxygen atoms in total. The number of rotatable bonds is 8. The van der Waals surface area contributed by atoms with E-state index in [1.54, 1.807) is 12.4 Å². The normalized spacial score (nSPS) is 23.7. The number of aromatic nitrogens is 4. The standard InChI is InChI=1S/C29H25Cl2FN4O5/c30-19-12-33-13-20(31)22(19)23-18(24(40-35-23)15-1-2-15)14-39-29-8-5-28(6-9-29,7-10-29)27-34-25(36-41-27)17-11-16(26(37)38)3-4-21(17)32/h3-4,11-13,15H,1-2,5-10,14H2,(H,37,38). The van der Waals surface area contributed by atoms with Gasteiger partial charge >= 0.3 is 5.97 Å². The number of carboxylic acids is 1. The van der Waals surface area contributed by atoms with Crippen LogP contribution in [-0.4, -0.2) is 37.0 Å². The number of hydrogen-bond donors (Lipinski definition) is 1. The van der Waals surface area contributed by atoms with Gasteiger partial charge in [0.05, 0.1) is 38.8 Å². The molecule has 8 rings (SSSR count). The van der Waals surface area contributed by atoms with Gasteiger partial charge in [-0.05, 0) is 69.6 Å². The summed E-state index contributed by atoms with van der Waals surface area (Å²) in [5, 5.41) is 18.5. The number of benzene rings is 1. The molecule has 4 saturated carbocycles. The Morgan fingerprint density at radius 3 is 2.41 bits per heavy atom. The van der Waals surface area contributed by atoms with Gasteiger partial charge in [0.2, 0.25) is 11.7 Å². The maximum Gasteiger partial charge on any atom is 0.335 e. The van der Waals surface area contributed by atoms with E-state index >= 15 is 0 Å². The summed E-state index contributed by atoms with van der Waals surface area (Å²) in [6.45, 7) is 0.330. The lowest BCUT2D eigenvalue weighted by Gasteiger charge is -2.51. The molecule has 4 aliphatic rings. The SMILES string of the molecule is O=C(O)c1ccc(F)c(-c2noc(C34CCC(OCc5c(-c6c(Cl)cncc6Cl)noc5C5CC5)(CC3)CC4)n2)c1. The molecule has 12 heteroatoms. The molecular formula is C29H25Cl2FN4O5. The van der Waals surface area contributed by atoms with Crippen molar-refractivity contribution in [3.05, 3.63) is 69.2 Å². The topological polar surface area (TPSA) is 124 Å². The maximum absolute atomic E-state index is 14.5. The van der Waals surface area contributed by atoms with Gasteiger partial charge in [0.1, 0.15) is 17.3 Å². The first-order valence-corrected chi connectivity index (χ1v) is 14.3. The second kappa shape index (κ2) is 9.89. The Kier molecular flexibility index (Phi) is 6.40. The number of pyridine rings is 1. The highest BCUT2D eigenvalue weighted by molar-refractivity contribution is 6.38. The summed E-state index contributed by atoms with van der Waals surface area (Å²) in [6, 6.07) is 3.54. The van der Waals surface area contributed by atoms with Gasteiger partial charge in [-0.1, -0.05) is 33.5 Å². The average Bonchev–Trinajstić information content (AvgIpc) is 3.53. The number of carboxylic acid groups (broad SMARTS) is 1. The first kappa shape index (κ1) is 26.6. The summed E-state index contributed by atoms with van der Waals surface area (Å²) in [4.78, 5) is 20.0. The van der Waals surface area contributed by atoms with E-state index in [-0.39, 0.29) is 28.0 Å². The minimum atomic E-state index is -1.15. The molecule has 2 bridgehead atoms. The number of ether oxygens (including phenoxy) is 1. The highest BCUT2D eigenvalue weighted by atomic mass is 35.5. The van der Waals surface area contributed by atoms with Crippen molar-refractivity contribution in [2.45, 2.75) is 74.9 Å². The van der Waals surface area contributed by atoms with Gasteiger partial charge < -0.3 is 18.9 Å². The third kappa shape index (κ3) is 4.62. The van der Waals surface area contributed by atoms with Crippen molar-refractivity contribution in [3.8, 4) is 22.6 Å². The van der Waals surface area contributed by atoms with Gasteiger partial charge in [-0.2, -0.15) is 4.98 Å². The smallest absolute Gasteiger partial charge is 0.335 e. The fourth-order valence-electron chi connectivity index (χ4n) is 6.25. The molecular weight excluding hydrogens is 574 g/mol. The molecule has 0 radical (unpaired) electrons. The van der Waals surface area contributed by atoms with Crippen molar-refractivity contribution in [1.82, 2.24) is 20.3 Å². The van der Waals surface area contributed by atoms with Crippen molar-refractivity contribution in [1.29, 1.82) is 0 Å². The monoisotopic (exact) mass is 598 g/mol. The van der Waals surface area contributed by atoms with Crippen LogP contribution in [0.5, 0.6) is 0 Å². The van der Waals surface area contributed by atoms with Crippen LogP contribution in [-0.2, 0) is 16.8 Å². The lowest BCUT2D eigenvalue weighted by Crippen LogP contribution is -2.49. The summed E-state index contributed by atoms with van der Waals surface area (Å²) in [5.74, 6) is -0.0924. The molecule has 1 aromatic carbocycles. The van der Waals surface area contributed by atoms with Crippen molar-refractivity contribution in [2.24, 2.45) is 0 Å². The molecule has 0 aliphatic heterocycles. The zero-order valence-electron chi connectivity index (χ0n) is 21.8. The minimum Gasteiger partial charge on any atom is -0.478 e. The largest absolute Gasteiger partial charge is 0.478 e. The molecule has 0 spiro atoms. The molecule has 0 unspecified atom stereocenters. The summed E-state index contributed by atoms with van der Waals surface area (Å²) in [7, 11) is 0. The fraction of sp³-hybridized carbons (Fsp3) is 0.414. The van der Waals surface area contributed by atoms with Crippen LogP contribution in [0.25, 0.3) is 22.6 Å². The Balaban J connectivity index is 1.10. The molecule has 212 valence electrons. The zero-order valence-corrected chi connectivity index (χ0v) is 23.3. The summed E-state index contributed by atoms with van der Waals surface area (Å²) in [6.07, 6.45) is 9.89. The predicted molar refractivity (Wildman–Crippen MR) is 145 cm³/mol. The third-order valence-corrected chi connectivity index (χ3v) is 9.46. The Morgan fingerprint density at radius 2 is 1.76 bits per heavy atom. The van der Waals surface area contributed by atoms with Crippen LogP contribution >= 0.6 is 23.2 Å². The second-order valence-corrected chi connectivity index (χ2v) is 12.1. The van der Waals surface area contributed by atoms with Gasteiger partial charge in [-0.25, -0.2) is 9.18 Å². The van der Waals surface area contributed by atoms with Gasteiger partial charge in [-0.3, -0.25) is 4.98 Å². The number of hydrogen-bond acceptors (Lipinski definition) is 8. The van der Waals surface area contributed by atoms with E-state index in [0.717, 1.165) is 68.8 Å². The van der Waals surface area contributed by atoms with E-state index in [1.807, 2.05) is 0 Å². The van der Waals surface area contributed by atoms with Crippen LogP contribution in [0.4, 0.5) is 4.39 Å². The van der Waals surface area contributed by atoms with Crippen LogP contribution in [0.1, 0.15) is 84.9 Å². The van der Waals surface area contributed by atoms with E-state index in [9.17, 15) is 14.3 Å². The zero-order chi connectivity index (χ0) is 28.4. The molecule has 41 heavy (non-hydrogen) atoms. The molecule has 4 fully saturated rings. The summed E-state index contributed by atoms with van der Waals surface area (Å²) in [5.41, 5.74) is 1.40. The Hall–Kier alpha value is -3.34. The van der Waals surface area contributed by atoms with Crippen molar-refractivity contribution in [3.63, 3.8) is 0 Å². The Labute approximate surface area is 244 Å². The number of nitrogens with zero attached hydrogens (tertiary/aromatic N) is 4. The number of aromatic carboxylic acids is 1. The fourth-order valence-corrected chi connectivity index (χ4v) is 6.80. The first-order chi connectivity index (χ1) is 19.8. The highest BCUT2D eigenvalue weighted by Gasteiger charge is 2.53. The Bertz CT molecular complexity index is 1620. The van der Waals surface area contributed by atoms with Crippen molar-refractivity contribution >= 4 is 29.2 Å². The molecule has 4 aromatic rings. The number of carbonyl (C=O) groups is 1. The quantitative estimate of drug-likeness (QED) is 0.221. The lowest BCUT2D eigenvalue weighted by atomic mass is 9.58. The molecule has 3 heterocycles. The summed E-state index contributed by atoms with van der Waals surface area (Å²) < 4.78 is 32.6. The maximum atomic E-state index is 14.5. The third-order valence-electron chi connectivity index (χ3n) is 8.89. The van der Waals surface area contributed by atoms with E-state index < -0.39 is 11.8 Å². The van der Waals surface area contributed by atoms with Crippen LogP contribution in [0.2, 0.25) is 10.0 Å². The van der Waals surface area contributed by atoms with Crippen LogP contribution < -0.4 is 0 Å². The van der Waals surface area contributed by atoms with E-state index in [2.05, 4.69) is 20.3 Å². The van der Waals surface area contributed by atoms with Crippen molar-refractivity contribution in [2.75, 3.05) is 0 Å². The molecule has 3 aromatic heterocycles. The van der Waals surface area contributed by atoms with Crippen LogP contribution in [0.15, 0.2) is 39.6 Å². The van der Waals surface area contributed by atoms with Gasteiger partial charge in [0.15, 0.2) is 0 Å². The van der Waals surface area contributed by atoms with Gasteiger partial charge in [0, 0.05) is 29.4 Å². The van der Waals surface area contributed by atoms with Gasteiger partial charge in [-0.15, -0.1) is 0 Å². The molecule has 0 atom stereocenters. The van der Waals surface area contributed by atoms with Crippen LogP contribution in [0, 0.1) is 5.82 Å². The second-order valence-electron chi connectivity index (χ2n) is 11.3. The predicted octanol–water partition coefficient (Wildman–Crippen LogP) is 7.37. The summed E-state index contributed by atoms with van der Waals surface area (Å²) >= 11 is 12.9. The Morgan fingerprint density at radius 1 is 1.05 bits per heavy atom.